The number of nitrogens with two attached hydrogens (primary N) is 1. The van der Waals surface area contributed by atoms with Gasteiger partial charge in [-0.3, -0.25) is 0 Å². The van der Waals surface area contributed by atoms with Crippen molar-refractivity contribution in [3.05, 3.63) is 29.3 Å². The van der Waals surface area contributed by atoms with E-state index in [1.165, 1.54) is 11.1 Å². The van der Waals surface area contributed by atoms with Gasteiger partial charge in [0.15, 0.2) is 0 Å². The molecule has 0 bridgehead atoms. The Kier molecular flexibility index (Phi) is 4.58. The lowest BCUT2D eigenvalue weighted by Gasteiger charge is -2.25. The summed E-state index contributed by atoms with van der Waals surface area (Å²) in [7, 11) is 0. The molecule has 1 aromatic carbocycles. The number of ether oxygens (including phenoxy) is 1. The van der Waals surface area contributed by atoms with Gasteiger partial charge in [0.1, 0.15) is 5.75 Å². The molecule has 0 aliphatic heterocycles. The first-order chi connectivity index (χ1) is 7.84. The highest BCUT2D eigenvalue weighted by molar-refractivity contribution is 5.41. The standard InChI is InChI=1S/C15H25NO/c1-11(2)17-14-7-6-12(8-9-16)10-13(14)15(3,4)5/h6-7,10-11H,8-9,16H2,1-5H3. The van der Waals surface area contributed by atoms with Gasteiger partial charge in [-0.15, -0.1) is 0 Å². The second-order valence-corrected chi connectivity index (χ2v) is 5.79. The molecule has 0 saturated heterocycles. The van der Waals surface area contributed by atoms with Gasteiger partial charge in [-0.2, -0.15) is 0 Å². The summed E-state index contributed by atoms with van der Waals surface area (Å²) in [6.07, 6.45) is 1.13. The largest absolute Gasteiger partial charge is 0.491 e. The highest BCUT2D eigenvalue weighted by Gasteiger charge is 2.20. The van der Waals surface area contributed by atoms with Crippen molar-refractivity contribution in [1.82, 2.24) is 0 Å². The van der Waals surface area contributed by atoms with Crippen LogP contribution in [-0.2, 0) is 11.8 Å². The summed E-state index contributed by atoms with van der Waals surface area (Å²) >= 11 is 0. The van der Waals surface area contributed by atoms with Crippen molar-refractivity contribution in [2.24, 2.45) is 5.73 Å². The van der Waals surface area contributed by atoms with Gasteiger partial charge in [0.05, 0.1) is 6.10 Å². The Labute approximate surface area is 105 Å². The van der Waals surface area contributed by atoms with E-state index in [1.54, 1.807) is 0 Å². The van der Waals surface area contributed by atoms with Gasteiger partial charge in [0, 0.05) is 0 Å². The van der Waals surface area contributed by atoms with Crippen molar-refractivity contribution in [3.8, 4) is 5.75 Å². The molecule has 0 atom stereocenters. The van der Waals surface area contributed by atoms with Crippen LogP contribution in [0, 0.1) is 0 Å². The lowest BCUT2D eigenvalue weighted by atomic mass is 9.85. The minimum Gasteiger partial charge on any atom is -0.491 e. The van der Waals surface area contributed by atoms with Crippen LogP contribution in [0.15, 0.2) is 18.2 Å². The Morgan fingerprint density at radius 1 is 1.24 bits per heavy atom. The van der Waals surface area contributed by atoms with Crippen molar-refractivity contribution in [3.63, 3.8) is 0 Å². The highest BCUT2D eigenvalue weighted by atomic mass is 16.5. The molecule has 0 heterocycles. The minimum absolute atomic E-state index is 0.0921. The maximum absolute atomic E-state index is 5.87. The molecule has 17 heavy (non-hydrogen) atoms. The van der Waals surface area contributed by atoms with Gasteiger partial charge in [0.25, 0.3) is 0 Å². The second kappa shape index (κ2) is 5.54. The van der Waals surface area contributed by atoms with Crippen LogP contribution in [0.25, 0.3) is 0 Å². The van der Waals surface area contributed by atoms with Gasteiger partial charge in [-0.1, -0.05) is 32.9 Å². The van der Waals surface area contributed by atoms with Gasteiger partial charge in [-0.05, 0) is 49.4 Å². The second-order valence-electron chi connectivity index (χ2n) is 5.79. The molecule has 0 aromatic heterocycles. The molecule has 1 aromatic rings. The SMILES string of the molecule is CC(C)Oc1ccc(CCN)cc1C(C)(C)C. The van der Waals surface area contributed by atoms with E-state index in [-0.39, 0.29) is 11.5 Å². The first kappa shape index (κ1) is 14.0. The van der Waals surface area contributed by atoms with Crippen LogP contribution >= 0.6 is 0 Å². The molecule has 2 heteroatoms. The van der Waals surface area contributed by atoms with Crippen LogP contribution in [0.3, 0.4) is 0 Å². The Morgan fingerprint density at radius 2 is 1.88 bits per heavy atom. The average Bonchev–Trinajstić information content (AvgIpc) is 2.18. The monoisotopic (exact) mass is 235 g/mol. The Morgan fingerprint density at radius 3 is 2.35 bits per heavy atom. The van der Waals surface area contributed by atoms with Crippen LogP contribution in [0.4, 0.5) is 0 Å². The van der Waals surface area contributed by atoms with Crippen LogP contribution in [0.5, 0.6) is 5.75 Å². The summed E-state index contributed by atoms with van der Waals surface area (Å²) in [4.78, 5) is 0. The predicted octanol–water partition coefficient (Wildman–Crippen LogP) is 3.27. The van der Waals surface area contributed by atoms with Crippen LogP contribution < -0.4 is 10.5 Å². The molecule has 2 N–H and O–H groups in total. The smallest absolute Gasteiger partial charge is 0.123 e. The van der Waals surface area contributed by atoms with E-state index in [1.807, 2.05) is 0 Å². The Bertz CT molecular complexity index is 364. The van der Waals surface area contributed by atoms with Crippen LogP contribution in [0.1, 0.15) is 45.7 Å². The quantitative estimate of drug-likeness (QED) is 0.869. The summed E-state index contributed by atoms with van der Waals surface area (Å²) in [5.41, 5.74) is 8.25. The molecular weight excluding hydrogens is 210 g/mol. The van der Waals surface area contributed by atoms with E-state index in [0.717, 1.165) is 12.2 Å². The van der Waals surface area contributed by atoms with Crippen LogP contribution in [-0.4, -0.2) is 12.6 Å². The molecule has 0 unspecified atom stereocenters. The zero-order valence-electron chi connectivity index (χ0n) is 11.7. The Balaban J connectivity index is 3.12. The lowest BCUT2D eigenvalue weighted by Crippen LogP contribution is -2.17. The molecule has 0 aliphatic carbocycles. The molecule has 0 fully saturated rings. The van der Waals surface area contributed by atoms with Gasteiger partial charge in [-0.25, -0.2) is 0 Å². The zero-order chi connectivity index (χ0) is 13.1. The van der Waals surface area contributed by atoms with Crippen molar-refractivity contribution in [2.75, 3.05) is 6.54 Å². The van der Waals surface area contributed by atoms with Gasteiger partial charge in [0.2, 0.25) is 0 Å². The van der Waals surface area contributed by atoms with E-state index >= 15 is 0 Å². The summed E-state index contributed by atoms with van der Waals surface area (Å²) in [5, 5.41) is 0. The number of hydrogen-bond donors (Lipinski definition) is 1. The van der Waals surface area contributed by atoms with E-state index in [0.29, 0.717) is 6.54 Å². The van der Waals surface area contributed by atoms with E-state index < -0.39 is 0 Å². The van der Waals surface area contributed by atoms with E-state index in [9.17, 15) is 0 Å². The minimum atomic E-state index is 0.0921. The third-order valence-electron chi connectivity index (χ3n) is 2.65. The normalized spacial score (nSPS) is 11.9. The number of benzene rings is 1. The van der Waals surface area contributed by atoms with Crippen molar-refractivity contribution >= 4 is 0 Å². The van der Waals surface area contributed by atoms with Gasteiger partial charge < -0.3 is 10.5 Å². The van der Waals surface area contributed by atoms with Crippen molar-refractivity contribution in [2.45, 2.75) is 52.6 Å². The third kappa shape index (κ3) is 4.04. The van der Waals surface area contributed by atoms with Crippen LogP contribution in [0.2, 0.25) is 0 Å². The third-order valence-corrected chi connectivity index (χ3v) is 2.65. The van der Waals surface area contributed by atoms with Gasteiger partial charge >= 0.3 is 0 Å². The summed E-state index contributed by atoms with van der Waals surface area (Å²) < 4.78 is 5.87. The molecule has 1 rings (SSSR count). The number of rotatable bonds is 4. The maximum atomic E-state index is 5.87. The fourth-order valence-corrected chi connectivity index (χ4v) is 1.84. The Hall–Kier alpha value is -1.02. The lowest BCUT2D eigenvalue weighted by molar-refractivity contribution is 0.236. The van der Waals surface area contributed by atoms with Crippen molar-refractivity contribution < 1.29 is 4.74 Å². The summed E-state index contributed by atoms with van der Waals surface area (Å²) in [5.74, 6) is 0.994. The molecule has 0 amide bonds. The number of hydrogen-bond acceptors (Lipinski definition) is 2. The molecular formula is C15H25NO. The fraction of sp³-hybridized carbons (Fsp3) is 0.600. The maximum Gasteiger partial charge on any atom is 0.123 e. The van der Waals surface area contributed by atoms with E-state index in [4.69, 9.17) is 10.5 Å². The first-order valence-corrected chi connectivity index (χ1v) is 6.34. The first-order valence-electron chi connectivity index (χ1n) is 6.34. The molecule has 0 aliphatic rings. The summed E-state index contributed by atoms with van der Waals surface area (Å²) in [6.45, 7) is 11.4. The topological polar surface area (TPSA) is 35.2 Å². The predicted molar refractivity (Wildman–Crippen MR) is 73.7 cm³/mol. The fourth-order valence-electron chi connectivity index (χ4n) is 1.84. The van der Waals surface area contributed by atoms with Crippen molar-refractivity contribution in [1.29, 1.82) is 0 Å². The molecule has 2 nitrogen and oxygen atoms in total. The molecule has 0 spiro atoms. The summed E-state index contributed by atoms with van der Waals surface area (Å²) in [6, 6.07) is 6.41. The zero-order valence-corrected chi connectivity index (χ0v) is 11.7. The molecule has 0 saturated carbocycles. The van der Waals surface area contributed by atoms with E-state index in [2.05, 4.69) is 52.8 Å². The molecule has 0 radical (unpaired) electrons. The average molecular weight is 235 g/mol. The molecule has 96 valence electrons. The highest BCUT2D eigenvalue weighted by Crippen LogP contribution is 2.32.